The van der Waals surface area contributed by atoms with Crippen LogP contribution in [0.5, 0.6) is 0 Å². The van der Waals surface area contributed by atoms with Crippen LogP contribution in [-0.4, -0.2) is 35.7 Å². The zero-order valence-electron chi connectivity index (χ0n) is 12.3. The number of benzene rings is 1. The highest BCUT2D eigenvalue weighted by molar-refractivity contribution is 7.99. The Hall–Kier alpha value is -1.44. The number of hydrogen-bond donors (Lipinski definition) is 2. The first-order chi connectivity index (χ1) is 10.2. The molecule has 0 saturated carbocycles. The summed E-state index contributed by atoms with van der Waals surface area (Å²) < 4.78 is 0. The molecule has 1 aromatic rings. The molecule has 0 radical (unpaired) electrons. The van der Waals surface area contributed by atoms with E-state index in [0.29, 0.717) is 17.9 Å². The molecule has 0 aliphatic carbocycles. The number of hydrogen-bond acceptors (Lipinski definition) is 3. The van der Waals surface area contributed by atoms with Crippen LogP contribution in [0.25, 0.3) is 0 Å². The maximum absolute atomic E-state index is 12.2. The molecule has 1 saturated heterocycles. The lowest BCUT2D eigenvalue weighted by Crippen LogP contribution is -2.29. The molecule has 3 nitrogen and oxygen atoms in total. The van der Waals surface area contributed by atoms with Crippen molar-refractivity contribution in [1.29, 1.82) is 0 Å². The average Bonchev–Trinajstić information content (AvgIpc) is 3.00. The fourth-order valence-electron chi connectivity index (χ4n) is 2.19. The Labute approximate surface area is 130 Å². The van der Waals surface area contributed by atoms with E-state index in [0.717, 1.165) is 23.4 Å². The number of carbonyl (C=O) groups is 1. The summed E-state index contributed by atoms with van der Waals surface area (Å²) >= 11 is 1.96. The third-order valence-corrected chi connectivity index (χ3v) is 4.77. The fraction of sp³-hybridized carbons (Fsp3) is 0.471. The maximum atomic E-state index is 12.2. The molecule has 1 unspecified atom stereocenters. The van der Waals surface area contributed by atoms with Gasteiger partial charge in [0.1, 0.15) is 0 Å². The van der Waals surface area contributed by atoms with Gasteiger partial charge in [-0.3, -0.25) is 4.79 Å². The Morgan fingerprint density at radius 1 is 1.52 bits per heavy atom. The molecule has 2 rings (SSSR count). The van der Waals surface area contributed by atoms with Crippen LogP contribution in [0.15, 0.2) is 18.2 Å². The number of carbonyl (C=O) groups excluding carboxylic acids is 1. The van der Waals surface area contributed by atoms with Gasteiger partial charge in [-0.05, 0) is 48.5 Å². The highest BCUT2D eigenvalue weighted by atomic mass is 32.2. The zero-order chi connectivity index (χ0) is 15.1. The molecule has 4 heteroatoms. The van der Waals surface area contributed by atoms with Crippen LogP contribution in [0.2, 0.25) is 0 Å². The van der Waals surface area contributed by atoms with Crippen molar-refractivity contribution in [2.75, 3.05) is 24.7 Å². The molecule has 1 aliphatic rings. The highest BCUT2D eigenvalue weighted by Crippen LogP contribution is 2.22. The Kier molecular flexibility index (Phi) is 6.16. The SMILES string of the molecule is Cc1ccc(C(=O)NCC2CCSC2)cc1C#CCCO. The van der Waals surface area contributed by atoms with Crippen LogP contribution < -0.4 is 5.32 Å². The summed E-state index contributed by atoms with van der Waals surface area (Å²) in [6, 6.07) is 5.59. The zero-order valence-corrected chi connectivity index (χ0v) is 13.1. The molecule has 1 heterocycles. The Morgan fingerprint density at radius 3 is 3.10 bits per heavy atom. The summed E-state index contributed by atoms with van der Waals surface area (Å²) in [4.78, 5) is 12.2. The van der Waals surface area contributed by atoms with Crippen LogP contribution >= 0.6 is 11.8 Å². The molecular weight excluding hydrogens is 282 g/mol. The van der Waals surface area contributed by atoms with E-state index >= 15 is 0 Å². The van der Waals surface area contributed by atoms with Gasteiger partial charge in [-0.15, -0.1) is 0 Å². The first-order valence-electron chi connectivity index (χ1n) is 7.27. The van der Waals surface area contributed by atoms with Crippen molar-refractivity contribution in [3.05, 3.63) is 34.9 Å². The molecule has 1 amide bonds. The van der Waals surface area contributed by atoms with E-state index in [2.05, 4.69) is 17.2 Å². The first kappa shape index (κ1) is 15.9. The second-order valence-corrected chi connectivity index (χ2v) is 6.39. The summed E-state index contributed by atoms with van der Waals surface area (Å²) in [5.41, 5.74) is 2.55. The minimum Gasteiger partial charge on any atom is -0.395 e. The molecule has 0 aromatic heterocycles. The topological polar surface area (TPSA) is 49.3 Å². The lowest BCUT2D eigenvalue weighted by atomic mass is 10.0. The summed E-state index contributed by atoms with van der Waals surface area (Å²) in [6.45, 7) is 2.79. The summed E-state index contributed by atoms with van der Waals surface area (Å²) in [5, 5.41) is 11.8. The third-order valence-electron chi connectivity index (χ3n) is 3.53. The lowest BCUT2D eigenvalue weighted by molar-refractivity contribution is 0.0948. The number of aliphatic hydroxyl groups is 1. The normalized spacial score (nSPS) is 17.1. The maximum Gasteiger partial charge on any atom is 0.251 e. The van der Waals surface area contributed by atoms with Gasteiger partial charge in [0, 0.05) is 24.1 Å². The monoisotopic (exact) mass is 303 g/mol. The lowest BCUT2D eigenvalue weighted by Gasteiger charge is -2.10. The largest absolute Gasteiger partial charge is 0.395 e. The van der Waals surface area contributed by atoms with Crippen LogP contribution in [-0.2, 0) is 0 Å². The van der Waals surface area contributed by atoms with Gasteiger partial charge in [0.15, 0.2) is 0 Å². The molecule has 0 bridgehead atoms. The minimum atomic E-state index is -0.0305. The second kappa shape index (κ2) is 8.11. The van der Waals surface area contributed by atoms with Crippen molar-refractivity contribution in [2.45, 2.75) is 19.8 Å². The van der Waals surface area contributed by atoms with Crippen LogP contribution in [0.4, 0.5) is 0 Å². The van der Waals surface area contributed by atoms with Crippen LogP contribution in [0.1, 0.15) is 34.3 Å². The summed E-state index contributed by atoms with van der Waals surface area (Å²) in [5.74, 6) is 8.84. The second-order valence-electron chi connectivity index (χ2n) is 5.24. The van der Waals surface area contributed by atoms with Gasteiger partial charge in [0.05, 0.1) is 6.61 Å². The van der Waals surface area contributed by atoms with E-state index in [9.17, 15) is 4.79 Å². The van der Waals surface area contributed by atoms with E-state index in [-0.39, 0.29) is 12.5 Å². The van der Waals surface area contributed by atoms with Gasteiger partial charge in [0.2, 0.25) is 0 Å². The van der Waals surface area contributed by atoms with E-state index in [1.165, 1.54) is 12.2 Å². The van der Waals surface area contributed by atoms with Crippen molar-refractivity contribution < 1.29 is 9.90 Å². The van der Waals surface area contributed by atoms with Crippen molar-refractivity contribution in [3.8, 4) is 11.8 Å². The van der Waals surface area contributed by atoms with Crippen LogP contribution in [0, 0.1) is 24.7 Å². The molecule has 0 spiro atoms. The van der Waals surface area contributed by atoms with Gasteiger partial charge in [0.25, 0.3) is 5.91 Å². The number of aryl methyl sites for hydroxylation is 1. The highest BCUT2D eigenvalue weighted by Gasteiger charge is 2.16. The standard InChI is InChI=1S/C17H21NO2S/c1-13-5-6-16(10-15(13)4-2-3-8-19)17(20)18-11-14-7-9-21-12-14/h5-6,10,14,19H,3,7-9,11-12H2,1H3,(H,18,20). The third kappa shape index (κ3) is 4.80. The molecule has 1 aliphatic heterocycles. The fourth-order valence-corrected chi connectivity index (χ4v) is 3.48. The van der Waals surface area contributed by atoms with E-state index < -0.39 is 0 Å². The van der Waals surface area contributed by atoms with E-state index in [1.807, 2.05) is 36.9 Å². The Morgan fingerprint density at radius 2 is 2.38 bits per heavy atom. The quantitative estimate of drug-likeness (QED) is 0.839. The molecule has 1 fully saturated rings. The number of thioether (sulfide) groups is 1. The molecule has 21 heavy (non-hydrogen) atoms. The minimum absolute atomic E-state index is 0.0305. The number of nitrogens with one attached hydrogen (secondary N) is 1. The smallest absolute Gasteiger partial charge is 0.251 e. The molecule has 2 N–H and O–H groups in total. The molecule has 1 aromatic carbocycles. The molecule has 1 atom stereocenters. The predicted octanol–water partition coefficient (Wildman–Crippen LogP) is 2.21. The van der Waals surface area contributed by atoms with Crippen LogP contribution in [0.3, 0.4) is 0 Å². The van der Waals surface area contributed by atoms with Crippen molar-refractivity contribution >= 4 is 17.7 Å². The van der Waals surface area contributed by atoms with Gasteiger partial charge in [-0.2, -0.15) is 11.8 Å². The predicted molar refractivity (Wildman–Crippen MR) is 87.5 cm³/mol. The van der Waals surface area contributed by atoms with Crippen molar-refractivity contribution in [1.82, 2.24) is 5.32 Å². The van der Waals surface area contributed by atoms with Gasteiger partial charge in [-0.25, -0.2) is 0 Å². The van der Waals surface area contributed by atoms with Crippen molar-refractivity contribution in [3.63, 3.8) is 0 Å². The number of amides is 1. The first-order valence-corrected chi connectivity index (χ1v) is 8.42. The Bertz CT molecular complexity index is 554. The average molecular weight is 303 g/mol. The Balaban J connectivity index is 2.00. The van der Waals surface area contributed by atoms with Gasteiger partial charge in [-0.1, -0.05) is 17.9 Å². The van der Waals surface area contributed by atoms with Gasteiger partial charge < -0.3 is 10.4 Å². The van der Waals surface area contributed by atoms with Gasteiger partial charge >= 0.3 is 0 Å². The van der Waals surface area contributed by atoms with E-state index in [1.54, 1.807) is 0 Å². The molecular formula is C17H21NO2S. The molecule has 112 valence electrons. The van der Waals surface area contributed by atoms with Crippen molar-refractivity contribution in [2.24, 2.45) is 5.92 Å². The number of rotatable bonds is 4. The summed E-state index contributed by atoms with van der Waals surface area (Å²) in [7, 11) is 0. The number of aliphatic hydroxyl groups excluding tert-OH is 1. The van der Waals surface area contributed by atoms with E-state index in [4.69, 9.17) is 5.11 Å². The summed E-state index contributed by atoms with van der Waals surface area (Å²) in [6.07, 6.45) is 1.64.